The van der Waals surface area contributed by atoms with Crippen molar-refractivity contribution in [1.29, 1.82) is 0 Å². The van der Waals surface area contributed by atoms with Crippen molar-refractivity contribution in [2.45, 2.75) is 0 Å². The number of aromatic hydroxyl groups is 1. The van der Waals surface area contributed by atoms with E-state index in [0.29, 0.717) is 22.6 Å². The Morgan fingerprint density at radius 3 is 2.12 bits per heavy atom. The zero-order valence-corrected chi connectivity index (χ0v) is 16.6. The van der Waals surface area contributed by atoms with Gasteiger partial charge in [0.1, 0.15) is 17.2 Å². The van der Waals surface area contributed by atoms with Crippen molar-refractivity contribution in [3.05, 3.63) is 94.0 Å². The molecule has 3 rings (SSSR count). The minimum absolute atomic E-state index is 0.0261. The molecule has 10 heteroatoms. The van der Waals surface area contributed by atoms with Crippen molar-refractivity contribution in [1.82, 2.24) is 0 Å². The Bertz CT molecular complexity index is 1160. The van der Waals surface area contributed by atoms with E-state index in [4.69, 9.17) is 10.6 Å². The fraction of sp³-hybridized carbons (Fsp3) is 0.0455. The van der Waals surface area contributed by atoms with Crippen molar-refractivity contribution >= 4 is 28.8 Å². The van der Waals surface area contributed by atoms with Gasteiger partial charge in [-0.3, -0.25) is 19.7 Å². The van der Waals surface area contributed by atoms with Crippen LogP contribution in [0.2, 0.25) is 0 Å². The number of rotatable bonds is 8. The van der Waals surface area contributed by atoms with Crippen LogP contribution in [-0.4, -0.2) is 34.0 Å². The lowest BCUT2D eigenvalue weighted by molar-refractivity contribution is -0.384. The molecule has 0 saturated heterocycles. The highest BCUT2D eigenvalue weighted by Crippen LogP contribution is 2.18. The van der Waals surface area contributed by atoms with E-state index in [0.717, 1.165) is 0 Å². The maximum absolute atomic E-state index is 12.6. The minimum atomic E-state index is -0.530. The zero-order chi connectivity index (χ0) is 23.1. The Kier molecular flexibility index (Phi) is 6.76. The first-order valence-corrected chi connectivity index (χ1v) is 9.26. The molecule has 0 saturated carbocycles. The van der Waals surface area contributed by atoms with Gasteiger partial charge in [0, 0.05) is 28.9 Å². The Labute approximate surface area is 182 Å². The summed E-state index contributed by atoms with van der Waals surface area (Å²) in [6.07, 6.45) is 0. The molecule has 32 heavy (non-hydrogen) atoms. The number of ether oxygens (including phenoxy) is 1. The number of nitrogens with one attached hydrogen (secondary N) is 1. The van der Waals surface area contributed by atoms with E-state index in [9.17, 15) is 24.8 Å². The molecule has 0 fully saturated rings. The van der Waals surface area contributed by atoms with Crippen molar-refractivity contribution in [2.75, 3.05) is 11.9 Å². The molecule has 4 N–H and O–H groups in total. The smallest absolute Gasteiger partial charge is 0.269 e. The number of carbonyl (C=O) groups excluding carboxylic acids is 2. The highest BCUT2D eigenvalue weighted by atomic mass is 16.6. The largest absolute Gasteiger partial charge is 0.508 e. The second-order valence-corrected chi connectivity index (χ2v) is 6.52. The number of nitrogens with zero attached hydrogens (tertiary/aromatic N) is 2. The fourth-order valence-electron chi connectivity index (χ4n) is 2.74. The molecule has 0 heterocycles. The number of phenols is 1. The molecule has 0 unspecified atom stereocenters. The van der Waals surface area contributed by atoms with E-state index in [1.807, 2.05) is 0 Å². The van der Waals surface area contributed by atoms with Gasteiger partial charge in [0.25, 0.3) is 11.6 Å². The number of nitro benzene ring substituents is 1. The molecule has 10 nitrogen and oxygen atoms in total. The van der Waals surface area contributed by atoms with Crippen molar-refractivity contribution in [3.8, 4) is 11.5 Å². The Balaban J connectivity index is 1.58. The lowest BCUT2D eigenvalue weighted by Crippen LogP contribution is -2.20. The van der Waals surface area contributed by atoms with Gasteiger partial charge in [-0.25, -0.2) is 0 Å². The molecule has 0 aliphatic heterocycles. The summed E-state index contributed by atoms with van der Waals surface area (Å²) in [6, 6.07) is 17.4. The molecule has 0 aliphatic carbocycles. The van der Waals surface area contributed by atoms with Crippen LogP contribution >= 0.6 is 0 Å². The van der Waals surface area contributed by atoms with E-state index in [2.05, 4.69) is 10.4 Å². The number of anilines is 1. The second kappa shape index (κ2) is 9.85. The van der Waals surface area contributed by atoms with Crippen LogP contribution in [0, 0.1) is 10.1 Å². The van der Waals surface area contributed by atoms with Crippen LogP contribution < -0.4 is 15.9 Å². The van der Waals surface area contributed by atoms with E-state index >= 15 is 0 Å². The van der Waals surface area contributed by atoms with Crippen LogP contribution in [0.1, 0.15) is 15.9 Å². The van der Waals surface area contributed by atoms with Gasteiger partial charge in [0.05, 0.1) is 4.92 Å². The third-order valence-corrected chi connectivity index (χ3v) is 4.33. The topological polar surface area (TPSA) is 157 Å². The summed E-state index contributed by atoms with van der Waals surface area (Å²) in [5.74, 6) is 4.95. The first kappa shape index (κ1) is 22.0. The quantitative estimate of drug-likeness (QED) is 0.162. The lowest BCUT2D eigenvalue weighted by Gasteiger charge is -2.09. The van der Waals surface area contributed by atoms with Gasteiger partial charge >= 0.3 is 0 Å². The predicted octanol–water partition coefficient (Wildman–Crippen LogP) is 2.86. The molecule has 3 aromatic rings. The first-order chi connectivity index (χ1) is 15.4. The van der Waals surface area contributed by atoms with Crippen LogP contribution in [-0.2, 0) is 4.79 Å². The Hall–Kier alpha value is -4.73. The van der Waals surface area contributed by atoms with E-state index in [1.165, 1.54) is 48.5 Å². The standard InChI is InChI=1S/C22H18N4O6/c23-25-21(22(29)15-1-9-18(27)10-2-15)14-3-11-19(12-4-14)32-13-20(28)24-16-5-7-17(8-6-16)26(30)31/h1-12,27H,13,23H2,(H,24,28)/b25-21+. The van der Waals surface area contributed by atoms with Gasteiger partial charge in [0.15, 0.2) is 6.61 Å². The number of ketones is 1. The molecule has 0 aliphatic rings. The summed E-state index contributed by atoms with van der Waals surface area (Å²) < 4.78 is 5.42. The van der Waals surface area contributed by atoms with Gasteiger partial charge in [-0.1, -0.05) is 0 Å². The van der Waals surface area contributed by atoms with Crippen LogP contribution in [0.25, 0.3) is 0 Å². The number of hydrogen-bond acceptors (Lipinski definition) is 8. The lowest BCUT2D eigenvalue weighted by atomic mass is 10.0. The average molecular weight is 434 g/mol. The summed E-state index contributed by atoms with van der Waals surface area (Å²) in [5.41, 5.74) is 1.11. The highest BCUT2D eigenvalue weighted by molar-refractivity contribution is 6.51. The van der Waals surface area contributed by atoms with Crippen molar-refractivity contribution in [3.63, 3.8) is 0 Å². The molecular weight excluding hydrogens is 416 g/mol. The maximum Gasteiger partial charge on any atom is 0.269 e. The number of non-ortho nitro benzene ring substituents is 1. The van der Waals surface area contributed by atoms with Crippen molar-refractivity contribution in [2.24, 2.45) is 10.9 Å². The molecular formula is C22H18N4O6. The van der Waals surface area contributed by atoms with Gasteiger partial charge < -0.3 is 21.0 Å². The Morgan fingerprint density at radius 1 is 0.969 bits per heavy atom. The van der Waals surface area contributed by atoms with E-state index in [1.54, 1.807) is 24.3 Å². The summed E-state index contributed by atoms with van der Waals surface area (Å²) in [6.45, 7) is -0.291. The second-order valence-electron chi connectivity index (χ2n) is 6.52. The average Bonchev–Trinajstić information content (AvgIpc) is 2.80. The highest BCUT2D eigenvalue weighted by Gasteiger charge is 2.16. The van der Waals surface area contributed by atoms with Gasteiger partial charge in [-0.15, -0.1) is 0 Å². The summed E-state index contributed by atoms with van der Waals surface area (Å²) in [5, 5.41) is 26.2. The van der Waals surface area contributed by atoms with E-state index < -0.39 is 16.6 Å². The molecule has 3 aromatic carbocycles. The zero-order valence-electron chi connectivity index (χ0n) is 16.6. The number of hydrogen-bond donors (Lipinski definition) is 3. The number of hydrazone groups is 1. The van der Waals surface area contributed by atoms with Crippen molar-refractivity contribution < 1.29 is 24.4 Å². The molecule has 0 spiro atoms. The van der Waals surface area contributed by atoms with Gasteiger partial charge in [0.2, 0.25) is 5.78 Å². The number of phenolic OH excluding ortho intramolecular Hbond substituents is 1. The third kappa shape index (κ3) is 5.45. The van der Waals surface area contributed by atoms with Gasteiger partial charge in [-0.05, 0) is 60.7 Å². The third-order valence-electron chi connectivity index (χ3n) is 4.33. The number of carbonyl (C=O) groups is 2. The number of nitro groups is 1. The van der Waals surface area contributed by atoms with Crippen LogP contribution in [0.15, 0.2) is 77.9 Å². The van der Waals surface area contributed by atoms with Crippen LogP contribution in [0.3, 0.4) is 0 Å². The maximum atomic E-state index is 12.6. The summed E-state index contributed by atoms with van der Waals surface area (Å²) >= 11 is 0. The first-order valence-electron chi connectivity index (χ1n) is 9.26. The molecule has 0 aromatic heterocycles. The number of amides is 1. The van der Waals surface area contributed by atoms with Crippen LogP contribution in [0.4, 0.5) is 11.4 Å². The summed E-state index contributed by atoms with van der Waals surface area (Å²) in [4.78, 5) is 34.8. The fourth-order valence-corrected chi connectivity index (χ4v) is 2.74. The SMILES string of the molecule is N/N=C(/C(=O)c1ccc(O)cc1)c1ccc(OCC(=O)Nc2ccc([N+](=O)[O-])cc2)cc1. The number of Topliss-reactive ketones (excluding diaryl/α,β-unsaturated/α-hetero) is 1. The normalized spacial score (nSPS) is 10.9. The molecule has 0 radical (unpaired) electrons. The van der Waals surface area contributed by atoms with E-state index in [-0.39, 0.29) is 23.8 Å². The number of nitrogens with two attached hydrogens (primary N) is 1. The Morgan fingerprint density at radius 2 is 1.56 bits per heavy atom. The van der Waals surface area contributed by atoms with Crippen LogP contribution in [0.5, 0.6) is 11.5 Å². The monoisotopic (exact) mass is 434 g/mol. The van der Waals surface area contributed by atoms with Gasteiger partial charge in [-0.2, -0.15) is 5.10 Å². The molecule has 0 bridgehead atoms. The predicted molar refractivity (Wildman–Crippen MR) is 117 cm³/mol. The molecule has 1 amide bonds. The summed E-state index contributed by atoms with van der Waals surface area (Å²) in [7, 11) is 0. The number of benzene rings is 3. The molecule has 162 valence electrons. The minimum Gasteiger partial charge on any atom is -0.508 e. The molecule has 0 atom stereocenters.